The minimum atomic E-state index is -0.373. The SMILES string of the molecule is CSc1nc(C)c(CCC(=O)OCc2nccn2Cc2ccccc2)c(=O)[nH]1. The van der Waals surface area contributed by atoms with Gasteiger partial charge in [0.05, 0.1) is 0 Å². The van der Waals surface area contributed by atoms with Crippen LogP contribution in [-0.4, -0.2) is 31.7 Å². The maximum Gasteiger partial charge on any atom is 0.306 e. The van der Waals surface area contributed by atoms with Gasteiger partial charge < -0.3 is 14.3 Å². The Balaban J connectivity index is 1.55. The molecule has 1 N–H and O–H groups in total. The van der Waals surface area contributed by atoms with Crippen molar-refractivity contribution >= 4 is 17.7 Å². The molecule has 0 fully saturated rings. The molecule has 3 aromatic rings. The van der Waals surface area contributed by atoms with Crippen LogP contribution in [0.2, 0.25) is 0 Å². The maximum atomic E-state index is 12.1. The number of carbonyl (C=O) groups is 1. The van der Waals surface area contributed by atoms with Crippen LogP contribution < -0.4 is 5.56 Å². The molecule has 0 aliphatic rings. The number of carbonyl (C=O) groups excluding carboxylic acids is 1. The van der Waals surface area contributed by atoms with E-state index in [2.05, 4.69) is 15.0 Å². The van der Waals surface area contributed by atoms with Crippen molar-refractivity contribution in [2.24, 2.45) is 0 Å². The van der Waals surface area contributed by atoms with Gasteiger partial charge in [0.2, 0.25) is 0 Å². The van der Waals surface area contributed by atoms with Crippen LogP contribution in [0, 0.1) is 6.92 Å². The third-order valence-corrected chi connectivity index (χ3v) is 4.91. The van der Waals surface area contributed by atoms with E-state index in [1.54, 1.807) is 13.1 Å². The fraction of sp³-hybridized carbons (Fsp3) is 0.300. The number of aromatic amines is 1. The highest BCUT2D eigenvalue weighted by Crippen LogP contribution is 2.11. The zero-order valence-electron chi connectivity index (χ0n) is 15.8. The Labute approximate surface area is 167 Å². The molecule has 0 bridgehead atoms. The quantitative estimate of drug-likeness (QED) is 0.356. The summed E-state index contributed by atoms with van der Waals surface area (Å²) < 4.78 is 7.30. The lowest BCUT2D eigenvalue weighted by Crippen LogP contribution is -2.19. The summed E-state index contributed by atoms with van der Waals surface area (Å²) in [6.07, 6.45) is 5.80. The fourth-order valence-corrected chi connectivity index (χ4v) is 3.25. The van der Waals surface area contributed by atoms with Gasteiger partial charge in [-0.25, -0.2) is 9.97 Å². The van der Waals surface area contributed by atoms with Crippen LogP contribution in [0.1, 0.15) is 29.1 Å². The van der Waals surface area contributed by atoms with E-state index in [9.17, 15) is 9.59 Å². The summed E-state index contributed by atoms with van der Waals surface area (Å²) >= 11 is 1.37. The van der Waals surface area contributed by atoms with Crippen molar-refractivity contribution < 1.29 is 9.53 Å². The van der Waals surface area contributed by atoms with Gasteiger partial charge in [-0.3, -0.25) is 9.59 Å². The molecule has 146 valence electrons. The smallest absolute Gasteiger partial charge is 0.306 e. The second-order valence-electron chi connectivity index (χ2n) is 6.26. The molecule has 28 heavy (non-hydrogen) atoms. The molecule has 0 saturated heterocycles. The van der Waals surface area contributed by atoms with Crippen molar-refractivity contribution in [2.75, 3.05) is 6.26 Å². The molecule has 2 heterocycles. The molecular formula is C20H22N4O3S. The number of imidazole rings is 1. The molecule has 2 aromatic heterocycles. The lowest BCUT2D eigenvalue weighted by molar-refractivity contribution is -0.145. The standard InChI is InChI=1S/C20H22N4O3S/c1-14-16(19(26)23-20(22-14)28-2)8-9-18(25)27-13-17-21-10-11-24(17)12-15-6-4-3-5-7-15/h3-7,10-11H,8-9,12-13H2,1-2H3,(H,22,23,26). The minimum absolute atomic E-state index is 0.0949. The Bertz CT molecular complexity index is 998. The highest BCUT2D eigenvalue weighted by Gasteiger charge is 2.12. The molecule has 7 nitrogen and oxygen atoms in total. The predicted octanol–water partition coefficient (Wildman–Crippen LogP) is 2.72. The summed E-state index contributed by atoms with van der Waals surface area (Å²) in [5.41, 5.74) is 2.09. The molecule has 0 aliphatic heterocycles. The number of thioether (sulfide) groups is 1. The second-order valence-corrected chi connectivity index (χ2v) is 7.05. The number of aromatic nitrogens is 4. The van der Waals surface area contributed by atoms with E-state index in [1.165, 1.54) is 11.8 Å². The number of hydrogen-bond donors (Lipinski definition) is 1. The third kappa shape index (κ3) is 5.10. The summed E-state index contributed by atoms with van der Waals surface area (Å²) in [7, 11) is 0. The molecule has 8 heteroatoms. The third-order valence-electron chi connectivity index (χ3n) is 4.33. The van der Waals surface area contributed by atoms with Crippen LogP contribution >= 0.6 is 11.8 Å². The minimum Gasteiger partial charge on any atom is -0.457 e. The lowest BCUT2D eigenvalue weighted by atomic mass is 10.1. The molecule has 0 amide bonds. The van der Waals surface area contributed by atoms with Crippen LogP contribution in [0.25, 0.3) is 0 Å². The molecule has 1 aromatic carbocycles. The number of aryl methyl sites for hydroxylation is 1. The van der Waals surface area contributed by atoms with Crippen LogP contribution in [-0.2, 0) is 29.1 Å². The highest BCUT2D eigenvalue weighted by molar-refractivity contribution is 7.98. The second kappa shape index (κ2) is 9.36. The first-order valence-electron chi connectivity index (χ1n) is 8.90. The van der Waals surface area contributed by atoms with Crippen LogP contribution in [0.4, 0.5) is 0 Å². The fourth-order valence-electron chi connectivity index (χ4n) is 2.82. The van der Waals surface area contributed by atoms with Gasteiger partial charge >= 0.3 is 5.97 Å². The number of esters is 1. The Morgan fingerprint density at radius 1 is 1.29 bits per heavy atom. The molecule has 0 radical (unpaired) electrons. The van der Waals surface area contributed by atoms with Gasteiger partial charge in [0.15, 0.2) is 5.16 Å². The van der Waals surface area contributed by atoms with Gasteiger partial charge in [-0.2, -0.15) is 0 Å². The molecular weight excluding hydrogens is 376 g/mol. The molecule has 3 rings (SSSR count). The van der Waals surface area contributed by atoms with Gasteiger partial charge in [-0.05, 0) is 25.2 Å². The molecule has 0 spiro atoms. The van der Waals surface area contributed by atoms with E-state index in [4.69, 9.17) is 4.74 Å². The summed E-state index contributed by atoms with van der Waals surface area (Å²) in [5.74, 6) is 0.305. The molecule has 0 aliphatic carbocycles. The van der Waals surface area contributed by atoms with E-state index >= 15 is 0 Å². The van der Waals surface area contributed by atoms with E-state index in [-0.39, 0.29) is 24.6 Å². The number of hydrogen-bond acceptors (Lipinski definition) is 6. The number of benzene rings is 1. The van der Waals surface area contributed by atoms with E-state index in [0.29, 0.717) is 35.2 Å². The van der Waals surface area contributed by atoms with Crippen LogP contribution in [0.15, 0.2) is 52.7 Å². The zero-order valence-corrected chi connectivity index (χ0v) is 16.7. The van der Waals surface area contributed by atoms with Crippen LogP contribution in [0.5, 0.6) is 0 Å². The number of H-pyrrole nitrogens is 1. The lowest BCUT2D eigenvalue weighted by Gasteiger charge is -2.09. The van der Waals surface area contributed by atoms with Crippen LogP contribution in [0.3, 0.4) is 0 Å². The van der Waals surface area contributed by atoms with Gasteiger partial charge in [0, 0.05) is 36.6 Å². The summed E-state index contributed by atoms with van der Waals surface area (Å²) in [6.45, 7) is 2.53. The van der Waals surface area contributed by atoms with E-state index < -0.39 is 0 Å². The summed E-state index contributed by atoms with van der Waals surface area (Å²) in [4.78, 5) is 35.5. The van der Waals surface area contributed by atoms with Gasteiger partial charge in [-0.15, -0.1) is 0 Å². The molecule has 0 saturated carbocycles. The van der Waals surface area contributed by atoms with Gasteiger partial charge in [-0.1, -0.05) is 42.1 Å². The first kappa shape index (κ1) is 19.9. The Hall–Kier alpha value is -2.87. The summed E-state index contributed by atoms with van der Waals surface area (Å²) in [6, 6.07) is 10.0. The predicted molar refractivity (Wildman–Crippen MR) is 107 cm³/mol. The Kier molecular flexibility index (Phi) is 6.65. The highest BCUT2D eigenvalue weighted by atomic mass is 32.2. The number of nitrogens with one attached hydrogen (secondary N) is 1. The van der Waals surface area contributed by atoms with Gasteiger partial charge in [0.1, 0.15) is 12.4 Å². The first-order valence-corrected chi connectivity index (χ1v) is 10.1. The number of nitrogens with zero attached hydrogens (tertiary/aromatic N) is 3. The Morgan fingerprint density at radius 2 is 2.07 bits per heavy atom. The van der Waals surface area contributed by atoms with E-state index in [1.807, 2.05) is 47.4 Å². The van der Waals surface area contributed by atoms with Crippen molar-refractivity contribution in [2.45, 2.75) is 38.1 Å². The monoisotopic (exact) mass is 398 g/mol. The van der Waals surface area contributed by atoms with Crippen molar-refractivity contribution in [3.05, 3.63) is 75.7 Å². The molecule has 0 unspecified atom stereocenters. The normalized spacial score (nSPS) is 10.8. The average molecular weight is 398 g/mol. The van der Waals surface area contributed by atoms with Crippen molar-refractivity contribution in [1.29, 1.82) is 0 Å². The Morgan fingerprint density at radius 3 is 2.79 bits per heavy atom. The maximum absolute atomic E-state index is 12.1. The molecule has 0 atom stereocenters. The van der Waals surface area contributed by atoms with Gasteiger partial charge in [0.25, 0.3) is 5.56 Å². The van der Waals surface area contributed by atoms with Crippen molar-refractivity contribution in [3.63, 3.8) is 0 Å². The van der Waals surface area contributed by atoms with Crippen molar-refractivity contribution in [1.82, 2.24) is 19.5 Å². The number of rotatable bonds is 8. The topological polar surface area (TPSA) is 89.9 Å². The van der Waals surface area contributed by atoms with Crippen molar-refractivity contribution in [3.8, 4) is 0 Å². The van der Waals surface area contributed by atoms with E-state index in [0.717, 1.165) is 5.56 Å². The first-order chi connectivity index (χ1) is 13.6. The number of ether oxygens (including phenoxy) is 1. The summed E-state index contributed by atoms with van der Waals surface area (Å²) in [5, 5.41) is 0.569. The zero-order chi connectivity index (χ0) is 19.9. The average Bonchev–Trinajstić information content (AvgIpc) is 3.13. The largest absolute Gasteiger partial charge is 0.457 e.